The van der Waals surface area contributed by atoms with Crippen molar-refractivity contribution in [2.24, 2.45) is 0 Å². The third kappa shape index (κ3) is 5.10. The van der Waals surface area contributed by atoms with Gasteiger partial charge in [0.15, 0.2) is 5.78 Å². The van der Waals surface area contributed by atoms with Crippen LogP contribution in [0.25, 0.3) is 0 Å². The Bertz CT molecular complexity index is 1120. The van der Waals surface area contributed by atoms with Crippen LogP contribution in [0.3, 0.4) is 0 Å². The van der Waals surface area contributed by atoms with Crippen molar-refractivity contribution in [1.29, 1.82) is 0 Å². The number of aryl methyl sites for hydroxylation is 2. The second-order valence-corrected chi connectivity index (χ2v) is 8.37. The summed E-state index contributed by atoms with van der Waals surface area (Å²) in [5, 5.41) is 9.08. The van der Waals surface area contributed by atoms with E-state index in [4.69, 9.17) is 11.6 Å². The van der Waals surface area contributed by atoms with Gasteiger partial charge in [0, 0.05) is 24.2 Å². The SMILES string of the molecule is Cc1n[nH]c(C)c1C(=O)C[C@H](C)c1ncc(C(=O)Nc2cc(C(F)(F)F)c(Cl)cn2)s1. The number of halogens is 4. The molecule has 0 aliphatic rings. The van der Waals surface area contributed by atoms with Gasteiger partial charge in [-0.05, 0) is 19.9 Å². The minimum atomic E-state index is -4.68. The highest BCUT2D eigenvalue weighted by molar-refractivity contribution is 7.13. The predicted octanol–water partition coefficient (Wildman–Crippen LogP) is 5.18. The van der Waals surface area contributed by atoms with Crippen molar-refractivity contribution in [2.45, 2.75) is 39.3 Å². The van der Waals surface area contributed by atoms with Gasteiger partial charge in [-0.1, -0.05) is 18.5 Å². The van der Waals surface area contributed by atoms with Crippen LogP contribution in [0.2, 0.25) is 5.02 Å². The van der Waals surface area contributed by atoms with Gasteiger partial charge >= 0.3 is 6.18 Å². The maximum absolute atomic E-state index is 13.0. The lowest BCUT2D eigenvalue weighted by molar-refractivity contribution is -0.137. The van der Waals surface area contributed by atoms with E-state index in [9.17, 15) is 22.8 Å². The van der Waals surface area contributed by atoms with Gasteiger partial charge in [0.05, 0.1) is 33.0 Å². The number of hydrogen-bond acceptors (Lipinski definition) is 6. The Morgan fingerprint density at radius 3 is 2.58 bits per heavy atom. The lowest BCUT2D eigenvalue weighted by atomic mass is 9.99. The molecule has 0 spiro atoms. The lowest BCUT2D eigenvalue weighted by Gasteiger charge is -2.10. The molecular formula is C19H17ClF3N5O2S. The van der Waals surface area contributed by atoms with Crippen LogP contribution in [0, 0.1) is 13.8 Å². The van der Waals surface area contributed by atoms with Gasteiger partial charge in [-0.2, -0.15) is 18.3 Å². The topological polar surface area (TPSA) is 101 Å². The summed E-state index contributed by atoms with van der Waals surface area (Å²) in [4.78, 5) is 33.1. The highest BCUT2D eigenvalue weighted by Crippen LogP contribution is 2.35. The maximum atomic E-state index is 13.0. The Morgan fingerprint density at radius 2 is 1.97 bits per heavy atom. The van der Waals surface area contributed by atoms with E-state index in [1.54, 1.807) is 20.8 Å². The Labute approximate surface area is 184 Å². The highest BCUT2D eigenvalue weighted by Gasteiger charge is 2.34. The fourth-order valence-electron chi connectivity index (χ4n) is 2.95. The molecule has 2 N–H and O–H groups in total. The number of Topliss-reactive ketones (excluding diaryl/α,β-unsaturated/α-hetero) is 1. The fraction of sp³-hybridized carbons (Fsp3) is 0.316. The number of nitrogens with zero attached hydrogens (tertiary/aromatic N) is 3. The standard InChI is InChI=1S/C19H17ClF3N5O2S/c1-8(4-13(29)16-9(2)27-28-10(16)3)18-25-7-14(31-18)17(30)26-15-5-11(19(21,22)23)12(20)6-24-15/h5-8H,4H2,1-3H3,(H,27,28)(H,24,26,30)/t8-/m0/s1. The molecule has 3 rings (SSSR count). The number of amides is 1. The van der Waals surface area contributed by atoms with E-state index < -0.39 is 22.7 Å². The zero-order valence-corrected chi connectivity index (χ0v) is 18.2. The molecule has 3 aromatic rings. The first-order valence-electron chi connectivity index (χ1n) is 9.02. The molecule has 12 heteroatoms. The summed E-state index contributed by atoms with van der Waals surface area (Å²) < 4.78 is 38.9. The van der Waals surface area contributed by atoms with E-state index in [2.05, 4.69) is 25.5 Å². The summed E-state index contributed by atoms with van der Waals surface area (Å²) in [6.45, 7) is 5.31. The van der Waals surface area contributed by atoms with E-state index in [1.807, 2.05) is 0 Å². The number of carbonyl (C=O) groups is 2. The largest absolute Gasteiger partial charge is 0.418 e. The summed E-state index contributed by atoms with van der Waals surface area (Å²) in [6, 6.07) is 0.666. The summed E-state index contributed by atoms with van der Waals surface area (Å²) >= 11 is 6.59. The minimum absolute atomic E-state index is 0.0949. The molecule has 0 saturated carbocycles. The van der Waals surface area contributed by atoms with Crippen LogP contribution >= 0.6 is 22.9 Å². The molecule has 0 unspecified atom stereocenters. The number of aromatic nitrogens is 4. The molecule has 31 heavy (non-hydrogen) atoms. The van der Waals surface area contributed by atoms with Gasteiger partial charge in [0.2, 0.25) is 0 Å². The number of pyridine rings is 1. The van der Waals surface area contributed by atoms with Gasteiger partial charge < -0.3 is 5.32 Å². The van der Waals surface area contributed by atoms with Crippen LogP contribution in [-0.4, -0.2) is 31.9 Å². The molecule has 0 saturated heterocycles. The Hall–Kier alpha value is -2.79. The van der Waals surface area contributed by atoms with E-state index in [0.717, 1.165) is 17.5 Å². The maximum Gasteiger partial charge on any atom is 0.418 e. The molecule has 0 aromatic carbocycles. The van der Waals surface area contributed by atoms with E-state index in [0.29, 0.717) is 28.0 Å². The molecule has 0 aliphatic heterocycles. The van der Waals surface area contributed by atoms with E-state index >= 15 is 0 Å². The summed E-state index contributed by atoms with van der Waals surface area (Å²) in [7, 11) is 0. The number of H-pyrrole nitrogens is 1. The molecule has 0 bridgehead atoms. The average molecular weight is 472 g/mol. The van der Waals surface area contributed by atoms with Crippen LogP contribution in [0.15, 0.2) is 18.5 Å². The van der Waals surface area contributed by atoms with Crippen LogP contribution in [0.5, 0.6) is 0 Å². The smallest absolute Gasteiger partial charge is 0.306 e. The first kappa shape index (κ1) is 22.9. The summed E-state index contributed by atoms with van der Waals surface area (Å²) in [5.74, 6) is -1.31. The van der Waals surface area contributed by atoms with Crippen molar-refractivity contribution in [3.8, 4) is 0 Å². The number of anilines is 1. The number of carbonyl (C=O) groups excluding carboxylic acids is 2. The van der Waals surface area contributed by atoms with Gasteiger partial charge in [-0.25, -0.2) is 9.97 Å². The second kappa shape index (κ2) is 8.75. The number of thiazole rings is 1. The molecule has 164 valence electrons. The summed E-state index contributed by atoms with van der Waals surface area (Å²) in [6.07, 6.45) is -2.37. The van der Waals surface area contributed by atoms with Gasteiger partial charge in [0.1, 0.15) is 10.7 Å². The number of ketones is 1. The molecule has 7 nitrogen and oxygen atoms in total. The second-order valence-electron chi connectivity index (χ2n) is 6.90. The minimum Gasteiger partial charge on any atom is -0.306 e. The molecule has 1 atom stereocenters. The average Bonchev–Trinajstić information content (AvgIpc) is 3.29. The number of nitrogens with one attached hydrogen (secondary N) is 2. The number of rotatable bonds is 6. The molecule has 0 fully saturated rings. The summed E-state index contributed by atoms with van der Waals surface area (Å²) in [5.41, 5.74) is 0.738. The van der Waals surface area contributed by atoms with Crippen molar-refractivity contribution in [1.82, 2.24) is 20.2 Å². The fourth-order valence-corrected chi connectivity index (χ4v) is 4.03. The quantitative estimate of drug-likeness (QED) is 0.482. The predicted molar refractivity (Wildman–Crippen MR) is 110 cm³/mol. The highest BCUT2D eigenvalue weighted by atomic mass is 35.5. The van der Waals surface area contributed by atoms with Crippen molar-refractivity contribution >= 4 is 40.4 Å². The normalized spacial score (nSPS) is 12.6. The zero-order valence-electron chi connectivity index (χ0n) is 16.6. The molecule has 1 amide bonds. The Kier molecular flexibility index (Phi) is 6.46. The lowest BCUT2D eigenvalue weighted by Crippen LogP contribution is -2.13. The molecule has 3 heterocycles. The monoisotopic (exact) mass is 471 g/mol. The van der Waals surface area contributed by atoms with E-state index in [-0.39, 0.29) is 28.8 Å². The number of hydrogen-bond donors (Lipinski definition) is 2. The molecule has 0 aliphatic carbocycles. The van der Waals surface area contributed by atoms with Gasteiger partial charge in [0.25, 0.3) is 5.91 Å². The molecule has 0 radical (unpaired) electrons. The van der Waals surface area contributed by atoms with Gasteiger partial charge in [-0.15, -0.1) is 11.3 Å². The van der Waals surface area contributed by atoms with Crippen molar-refractivity contribution in [3.63, 3.8) is 0 Å². The third-order valence-corrected chi connectivity index (χ3v) is 6.00. The number of aromatic amines is 1. The Morgan fingerprint density at radius 1 is 1.26 bits per heavy atom. The number of alkyl halides is 3. The van der Waals surface area contributed by atoms with Crippen molar-refractivity contribution in [3.05, 3.63) is 55.9 Å². The van der Waals surface area contributed by atoms with Crippen LogP contribution in [0.4, 0.5) is 19.0 Å². The molecule has 3 aromatic heterocycles. The van der Waals surface area contributed by atoms with Crippen LogP contribution in [-0.2, 0) is 6.18 Å². The van der Waals surface area contributed by atoms with Crippen LogP contribution in [0.1, 0.15) is 61.3 Å². The van der Waals surface area contributed by atoms with Crippen molar-refractivity contribution < 1.29 is 22.8 Å². The first-order chi connectivity index (χ1) is 14.5. The van der Waals surface area contributed by atoms with Crippen LogP contribution < -0.4 is 5.32 Å². The van der Waals surface area contributed by atoms with Crippen molar-refractivity contribution in [2.75, 3.05) is 5.32 Å². The zero-order chi connectivity index (χ0) is 22.9. The first-order valence-corrected chi connectivity index (χ1v) is 10.2. The third-order valence-electron chi connectivity index (χ3n) is 4.47. The Balaban J connectivity index is 1.70. The molecular weight excluding hydrogens is 455 g/mol. The van der Waals surface area contributed by atoms with E-state index in [1.165, 1.54) is 6.20 Å². The van der Waals surface area contributed by atoms with Gasteiger partial charge in [-0.3, -0.25) is 14.7 Å².